The molecule has 0 aromatic heterocycles. The zero-order valence-corrected chi connectivity index (χ0v) is 4.52. The van der Waals surface area contributed by atoms with E-state index in [9.17, 15) is 0 Å². The van der Waals surface area contributed by atoms with Crippen molar-refractivity contribution in [3.63, 3.8) is 0 Å². The fraction of sp³-hybridized carbons (Fsp3) is 0.600. The van der Waals surface area contributed by atoms with E-state index in [0.29, 0.717) is 0 Å². The first-order valence-electron chi connectivity index (χ1n) is 2.16. The third-order valence-corrected chi connectivity index (χ3v) is 0.807. The summed E-state index contributed by atoms with van der Waals surface area (Å²) in [4.78, 5) is 0. The lowest BCUT2D eigenvalue weighted by molar-refractivity contribution is 0.238. The van der Waals surface area contributed by atoms with Crippen molar-refractivity contribution in [2.75, 3.05) is 6.61 Å². The molecule has 0 aliphatic carbocycles. The minimum atomic E-state index is -0.597. The minimum Gasteiger partial charge on any atom is -0.394 e. The molecular weight excluding hydrogens is 90.1 g/mol. The van der Waals surface area contributed by atoms with Gasteiger partial charge in [0.2, 0.25) is 0 Å². The lowest BCUT2D eigenvalue weighted by Gasteiger charge is -2.14. The lowest BCUT2D eigenvalue weighted by Crippen LogP contribution is -2.37. The summed E-state index contributed by atoms with van der Waals surface area (Å²) in [5.41, 5.74) is 4.75. The number of aliphatic hydroxyl groups is 1. The van der Waals surface area contributed by atoms with Gasteiger partial charge in [-0.25, -0.2) is 0 Å². The Morgan fingerprint density at radius 3 is 2.43 bits per heavy atom. The molecule has 7 heavy (non-hydrogen) atoms. The van der Waals surface area contributed by atoms with Crippen molar-refractivity contribution in [2.45, 2.75) is 12.5 Å². The molecule has 0 saturated heterocycles. The normalized spacial score (nSPS) is 18.1. The van der Waals surface area contributed by atoms with E-state index in [4.69, 9.17) is 10.8 Å². The molecule has 0 spiro atoms. The van der Waals surface area contributed by atoms with Crippen molar-refractivity contribution < 1.29 is 5.11 Å². The highest BCUT2D eigenvalue weighted by atomic mass is 16.3. The van der Waals surface area contributed by atoms with Crippen LogP contribution in [-0.4, -0.2) is 17.3 Å². The Balaban J connectivity index is 3.58. The number of hydrogen-bond donors (Lipinski definition) is 2. The number of aliphatic hydroxyl groups excluding tert-OH is 1. The molecule has 1 atom stereocenters. The molecule has 0 saturated carbocycles. The van der Waals surface area contributed by atoms with Crippen molar-refractivity contribution in [2.24, 2.45) is 5.73 Å². The summed E-state index contributed by atoms with van der Waals surface area (Å²) in [6, 6.07) is 0. The second kappa shape index (κ2) is 2.09. The van der Waals surface area contributed by atoms with E-state index in [1.807, 2.05) is 0 Å². The first-order chi connectivity index (χ1) is 3.12. The molecule has 0 rings (SSSR count). The molecule has 42 valence electrons. The Kier molecular flexibility index (Phi) is 1.99. The maximum atomic E-state index is 8.40. The van der Waals surface area contributed by atoms with Crippen molar-refractivity contribution in [1.29, 1.82) is 0 Å². The monoisotopic (exact) mass is 101 g/mol. The summed E-state index contributed by atoms with van der Waals surface area (Å²) in [7, 11) is 0. The maximum Gasteiger partial charge on any atom is 0.0644 e. The third kappa shape index (κ3) is 2.37. The van der Waals surface area contributed by atoms with Gasteiger partial charge < -0.3 is 10.8 Å². The van der Waals surface area contributed by atoms with Gasteiger partial charge in [0.25, 0.3) is 0 Å². The predicted molar refractivity (Wildman–Crippen MR) is 29.9 cm³/mol. The van der Waals surface area contributed by atoms with Gasteiger partial charge in [0.15, 0.2) is 0 Å². The average molecular weight is 101 g/mol. The highest BCUT2D eigenvalue weighted by Crippen LogP contribution is 1.94. The van der Waals surface area contributed by atoms with Gasteiger partial charge in [-0.2, -0.15) is 0 Å². The Hall–Kier alpha value is -0.340. The Bertz CT molecular complexity index is 68.5. The summed E-state index contributed by atoms with van der Waals surface area (Å²) in [5, 5.41) is 8.40. The molecule has 0 aliphatic heterocycles. The van der Waals surface area contributed by atoms with Crippen LogP contribution in [0.15, 0.2) is 12.7 Å². The quantitative estimate of drug-likeness (QED) is 0.476. The van der Waals surface area contributed by atoms with E-state index in [0.717, 1.165) is 0 Å². The molecule has 0 aliphatic rings. The van der Waals surface area contributed by atoms with Gasteiger partial charge in [-0.3, -0.25) is 0 Å². The molecule has 3 N–H and O–H groups in total. The van der Waals surface area contributed by atoms with E-state index < -0.39 is 5.54 Å². The zero-order chi connectivity index (χ0) is 5.91. The highest BCUT2D eigenvalue weighted by molar-refractivity contribution is 4.95. The summed E-state index contributed by atoms with van der Waals surface area (Å²) >= 11 is 0. The van der Waals surface area contributed by atoms with Crippen LogP contribution in [0.5, 0.6) is 0 Å². The molecule has 0 radical (unpaired) electrons. The Labute approximate surface area is 43.6 Å². The van der Waals surface area contributed by atoms with Crippen molar-refractivity contribution in [3.8, 4) is 0 Å². The largest absolute Gasteiger partial charge is 0.394 e. The molecule has 2 heteroatoms. The van der Waals surface area contributed by atoms with Crippen LogP contribution in [0.25, 0.3) is 0 Å². The van der Waals surface area contributed by atoms with Gasteiger partial charge in [0.1, 0.15) is 0 Å². The molecule has 0 heterocycles. The second-order valence-corrected chi connectivity index (χ2v) is 1.87. The molecule has 0 bridgehead atoms. The van der Waals surface area contributed by atoms with Crippen LogP contribution in [0.1, 0.15) is 6.92 Å². The van der Waals surface area contributed by atoms with E-state index in [1.54, 1.807) is 6.92 Å². The molecule has 0 unspecified atom stereocenters. The molecule has 0 aromatic rings. The number of hydrogen-bond acceptors (Lipinski definition) is 2. The SMILES string of the molecule is C=C[C@@](C)(N)CO. The van der Waals surface area contributed by atoms with Crippen LogP contribution in [0.2, 0.25) is 0 Å². The molecular formula is C5H11NO. The molecule has 0 fully saturated rings. The number of nitrogens with two attached hydrogens (primary N) is 1. The Morgan fingerprint density at radius 1 is 2.00 bits per heavy atom. The van der Waals surface area contributed by atoms with Gasteiger partial charge in [0.05, 0.1) is 12.1 Å². The first-order valence-corrected chi connectivity index (χ1v) is 2.16. The Morgan fingerprint density at radius 2 is 2.43 bits per heavy atom. The van der Waals surface area contributed by atoms with Crippen molar-refractivity contribution in [1.82, 2.24) is 0 Å². The van der Waals surface area contributed by atoms with Crippen LogP contribution < -0.4 is 5.73 Å². The van der Waals surface area contributed by atoms with Crippen LogP contribution in [-0.2, 0) is 0 Å². The minimum absolute atomic E-state index is 0.0451. The fourth-order valence-electron chi connectivity index (χ4n) is 0.0645. The van der Waals surface area contributed by atoms with Crippen molar-refractivity contribution >= 4 is 0 Å². The van der Waals surface area contributed by atoms with Gasteiger partial charge in [-0.15, -0.1) is 6.58 Å². The molecule has 0 amide bonds. The van der Waals surface area contributed by atoms with E-state index >= 15 is 0 Å². The molecule has 2 nitrogen and oxygen atoms in total. The summed E-state index contributed by atoms with van der Waals surface area (Å²) in [6.45, 7) is 5.08. The summed E-state index contributed by atoms with van der Waals surface area (Å²) in [6.07, 6.45) is 1.52. The van der Waals surface area contributed by atoms with Crippen LogP contribution in [0.4, 0.5) is 0 Å². The van der Waals surface area contributed by atoms with Gasteiger partial charge in [0, 0.05) is 0 Å². The van der Waals surface area contributed by atoms with E-state index in [-0.39, 0.29) is 6.61 Å². The first kappa shape index (κ1) is 6.66. The van der Waals surface area contributed by atoms with Crippen molar-refractivity contribution in [3.05, 3.63) is 12.7 Å². The third-order valence-electron chi connectivity index (χ3n) is 0.807. The lowest BCUT2D eigenvalue weighted by atomic mass is 10.1. The highest BCUT2D eigenvalue weighted by Gasteiger charge is 2.08. The van der Waals surface area contributed by atoms with Crippen LogP contribution in [0.3, 0.4) is 0 Å². The van der Waals surface area contributed by atoms with Gasteiger partial charge >= 0.3 is 0 Å². The van der Waals surface area contributed by atoms with Gasteiger partial charge in [-0.05, 0) is 6.92 Å². The second-order valence-electron chi connectivity index (χ2n) is 1.87. The molecule has 0 aromatic carbocycles. The van der Waals surface area contributed by atoms with E-state index in [2.05, 4.69) is 6.58 Å². The smallest absolute Gasteiger partial charge is 0.0644 e. The zero-order valence-electron chi connectivity index (χ0n) is 4.52. The predicted octanol–water partition coefficient (Wildman–Crippen LogP) is -0.118. The number of rotatable bonds is 2. The summed E-state index contributed by atoms with van der Waals surface area (Å²) < 4.78 is 0. The summed E-state index contributed by atoms with van der Waals surface area (Å²) in [5.74, 6) is 0. The van der Waals surface area contributed by atoms with Gasteiger partial charge in [-0.1, -0.05) is 6.08 Å². The average Bonchev–Trinajstić information content (AvgIpc) is 1.68. The van der Waals surface area contributed by atoms with Crippen LogP contribution >= 0.6 is 0 Å². The standard InChI is InChI=1S/C5H11NO/c1-3-5(2,6)4-7/h3,7H,1,4,6H2,2H3/t5-/m1/s1. The fourth-order valence-corrected chi connectivity index (χ4v) is 0.0645. The van der Waals surface area contributed by atoms with Crippen LogP contribution in [0, 0.1) is 0 Å². The topological polar surface area (TPSA) is 46.2 Å². The maximum absolute atomic E-state index is 8.40. The van der Waals surface area contributed by atoms with E-state index in [1.165, 1.54) is 6.08 Å².